The summed E-state index contributed by atoms with van der Waals surface area (Å²) in [6, 6.07) is 8.06. The Morgan fingerprint density at radius 3 is 2.65 bits per heavy atom. The summed E-state index contributed by atoms with van der Waals surface area (Å²) in [6.07, 6.45) is 3.43. The Hall–Kier alpha value is -1.39. The Bertz CT molecular complexity index is 573. The van der Waals surface area contributed by atoms with Gasteiger partial charge in [-0.1, -0.05) is 6.92 Å². The first kappa shape index (κ1) is 13.6. The third kappa shape index (κ3) is 2.86. The third-order valence-electron chi connectivity index (χ3n) is 3.41. The molecule has 0 radical (unpaired) electrons. The van der Waals surface area contributed by atoms with Gasteiger partial charge in [0.2, 0.25) is 0 Å². The topological polar surface area (TPSA) is 42.4 Å². The first-order valence-corrected chi connectivity index (χ1v) is 7.97. The van der Waals surface area contributed by atoms with E-state index in [9.17, 15) is 5.11 Å². The minimum atomic E-state index is 0.0984. The van der Waals surface area contributed by atoms with E-state index in [0.717, 1.165) is 39.9 Å². The van der Waals surface area contributed by atoms with Gasteiger partial charge in [0.15, 0.2) is 0 Å². The van der Waals surface area contributed by atoms with Crippen LogP contribution in [0.25, 0.3) is 10.6 Å². The van der Waals surface area contributed by atoms with E-state index in [0.29, 0.717) is 5.92 Å². The van der Waals surface area contributed by atoms with Crippen LogP contribution in [-0.4, -0.2) is 16.7 Å². The third-order valence-corrected chi connectivity index (χ3v) is 4.51. The maximum Gasteiger partial charge on any atom is 0.123 e. The molecule has 0 aliphatic heterocycles. The molecule has 0 saturated heterocycles. The lowest BCUT2D eigenvalue weighted by Crippen LogP contribution is -1.94. The SMILES string of the molecule is CCCOc1ccc(-c2nc(C3CC3)c(CO)s2)cc1. The van der Waals surface area contributed by atoms with Gasteiger partial charge in [-0.25, -0.2) is 4.98 Å². The molecule has 0 spiro atoms. The van der Waals surface area contributed by atoms with Crippen molar-refractivity contribution < 1.29 is 9.84 Å². The normalized spacial score (nSPS) is 14.5. The zero-order chi connectivity index (χ0) is 13.9. The van der Waals surface area contributed by atoms with E-state index in [-0.39, 0.29) is 6.61 Å². The first-order chi connectivity index (χ1) is 9.81. The molecule has 1 heterocycles. The van der Waals surface area contributed by atoms with E-state index < -0.39 is 0 Å². The van der Waals surface area contributed by atoms with E-state index in [1.54, 1.807) is 11.3 Å². The predicted octanol–water partition coefficient (Wildman–Crippen LogP) is 3.97. The van der Waals surface area contributed by atoms with Crippen LogP contribution in [-0.2, 0) is 6.61 Å². The lowest BCUT2D eigenvalue weighted by molar-refractivity contribution is 0.284. The summed E-state index contributed by atoms with van der Waals surface area (Å²) >= 11 is 1.60. The molecule has 1 aliphatic carbocycles. The molecule has 1 N–H and O–H groups in total. The van der Waals surface area contributed by atoms with Crippen molar-refractivity contribution in [2.24, 2.45) is 0 Å². The van der Waals surface area contributed by atoms with Gasteiger partial charge in [0.25, 0.3) is 0 Å². The fourth-order valence-corrected chi connectivity index (χ4v) is 3.20. The molecule has 4 heteroatoms. The first-order valence-electron chi connectivity index (χ1n) is 7.15. The van der Waals surface area contributed by atoms with E-state index in [2.05, 4.69) is 6.92 Å². The van der Waals surface area contributed by atoms with Crippen LogP contribution in [0.2, 0.25) is 0 Å². The summed E-state index contributed by atoms with van der Waals surface area (Å²) in [7, 11) is 0. The molecule has 0 unspecified atom stereocenters. The number of ether oxygens (including phenoxy) is 1. The standard InChI is InChI=1S/C16H19NO2S/c1-2-9-19-13-7-5-12(6-8-13)16-17-15(11-3-4-11)14(10-18)20-16/h5-8,11,18H,2-4,9-10H2,1H3. The molecular formula is C16H19NO2S. The Labute approximate surface area is 123 Å². The molecule has 0 bridgehead atoms. The quantitative estimate of drug-likeness (QED) is 0.875. The van der Waals surface area contributed by atoms with Crippen LogP contribution in [0.15, 0.2) is 24.3 Å². The number of hydrogen-bond acceptors (Lipinski definition) is 4. The number of hydrogen-bond donors (Lipinski definition) is 1. The highest BCUT2D eigenvalue weighted by molar-refractivity contribution is 7.15. The second kappa shape index (κ2) is 5.94. The van der Waals surface area contributed by atoms with Crippen LogP contribution in [0.1, 0.15) is 42.7 Å². The van der Waals surface area contributed by atoms with E-state index in [1.807, 2.05) is 24.3 Å². The molecule has 1 aliphatic rings. The summed E-state index contributed by atoms with van der Waals surface area (Å²) in [4.78, 5) is 5.74. The molecule has 2 aromatic rings. The van der Waals surface area contributed by atoms with E-state index >= 15 is 0 Å². The molecule has 0 atom stereocenters. The Kier molecular flexibility index (Phi) is 4.03. The van der Waals surface area contributed by atoms with Crippen LogP contribution in [0.5, 0.6) is 5.75 Å². The van der Waals surface area contributed by atoms with Gasteiger partial charge in [-0.3, -0.25) is 0 Å². The van der Waals surface area contributed by atoms with Gasteiger partial charge in [0, 0.05) is 11.5 Å². The average molecular weight is 289 g/mol. The van der Waals surface area contributed by atoms with Crippen LogP contribution >= 0.6 is 11.3 Å². The van der Waals surface area contributed by atoms with Gasteiger partial charge in [-0.05, 0) is 43.5 Å². The van der Waals surface area contributed by atoms with Crippen molar-refractivity contribution in [3.63, 3.8) is 0 Å². The van der Waals surface area contributed by atoms with Crippen LogP contribution < -0.4 is 4.74 Å². The van der Waals surface area contributed by atoms with E-state index in [1.165, 1.54) is 12.8 Å². The molecular weight excluding hydrogens is 270 g/mol. The van der Waals surface area contributed by atoms with Crippen molar-refractivity contribution in [1.82, 2.24) is 4.98 Å². The molecule has 3 rings (SSSR count). The highest BCUT2D eigenvalue weighted by Gasteiger charge is 2.29. The fourth-order valence-electron chi connectivity index (χ4n) is 2.19. The highest BCUT2D eigenvalue weighted by Crippen LogP contribution is 2.44. The number of aliphatic hydroxyl groups excluding tert-OH is 1. The molecule has 106 valence electrons. The maximum atomic E-state index is 9.45. The number of rotatable bonds is 6. The summed E-state index contributed by atoms with van der Waals surface area (Å²) in [5.74, 6) is 1.48. The molecule has 1 saturated carbocycles. The van der Waals surface area contributed by atoms with Gasteiger partial charge in [0.1, 0.15) is 10.8 Å². The lowest BCUT2D eigenvalue weighted by atomic mass is 10.2. The van der Waals surface area contributed by atoms with Crippen molar-refractivity contribution in [3.05, 3.63) is 34.8 Å². The summed E-state index contributed by atoms with van der Waals surface area (Å²) < 4.78 is 5.59. The minimum absolute atomic E-state index is 0.0984. The van der Waals surface area contributed by atoms with Crippen LogP contribution in [0, 0.1) is 0 Å². The Morgan fingerprint density at radius 2 is 2.05 bits per heavy atom. The van der Waals surface area contributed by atoms with Crippen molar-refractivity contribution >= 4 is 11.3 Å². The molecule has 1 aromatic carbocycles. The molecule has 0 amide bonds. The zero-order valence-corrected chi connectivity index (χ0v) is 12.4. The van der Waals surface area contributed by atoms with Crippen LogP contribution in [0.4, 0.5) is 0 Å². The second-order valence-electron chi connectivity index (χ2n) is 5.13. The number of nitrogens with zero attached hydrogens (tertiary/aromatic N) is 1. The summed E-state index contributed by atoms with van der Waals surface area (Å²) in [5, 5.41) is 10.4. The highest BCUT2D eigenvalue weighted by atomic mass is 32.1. The van der Waals surface area contributed by atoms with Crippen molar-refractivity contribution in [3.8, 4) is 16.3 Å². The Balaban J connectivity index is 1.81. The minimum Gasteiger partial charge on any atom is -0.494 e. The summed E-state index contributed by atoms with van der Waals surface area (Å²) in [5.41, 5.74) is 2.21. The average Bonchev–Trinajstić information content (AvgIpc) is 3.25. The van der Waals surface area contributed by atoms with E-state index in [4.69, 9.17) is 9.72 Å². The number of thiazole rings is 1. The monoisotopic (exact) mass is 289 g/mol. The van der Waals surface area contributed by atoms with Gasteiger partial charge < -0.3 is 9.84 Å². The van der Waals surface area contributed by atoms with Gasteiger partial charge in [0.05, 0.1) is 23.8 Å². The largest absolute Gasteiger partial charge is 0.494 e. The molecule has 3 nitrogen and oxygen atoms in total. The van der Waals surface area contributed by atoms with Gasteiger partial charge in [-0.15, -0.1) is 11.3 Å². The molecule has 1 aromatic heterocycles. The van der Waals surface area contributed by atoms with Gasteiger partial charge in [-0.2, -0.15) is 0 Å². The lowest BCUT2D eigenvalue weighted by Gasteiger charge is -2.04. The van der Waals surface area contributed by atoms with Crippen molar-refractivity contribution in [2.75, 3.05) is 6.61 Å². The van der Waals surface area contributed by atoms with Gasteiger partial charge >= 0.3 is 0 Å². The van der Waals surface area contributed by atoms with Crippen LogP contribution in [0.3, 0.4) is 0 Å². The summed E-state index contributed by atoms with van der Waals surface area (Å²) in [6.45, 7) is 2.94. The predicted molar refractivity (Wildman–Crippen MR) is 81.2 cm³/mol. The zero-order valence-electron chi connectivity index (χ0n) is 11.6. The maximum absolute atomic E-state index is 9.45. The Morgan fingerprint density at radius 1 is 1.30 bits per heavy atom. The van der Waals surface area contributed by atoms with Crippen molar-refractivity contribution in [2.45, 2.75) is 38.7 Å². The molecule has 20 heavy (non-hydrogen) atoms. The molecule has 1 fully saturated rings. The number of aliphatic hydroxyl groups is 1. The second-order valence-corrected chi connectivity index (χ2v) is 6.22. The smallest absolute Gasteiger partial charge is 0.123 e. The number of benzene rings is 1. The number of aromatic nitrogens is 1. The van der Waals surface area contributed by atoms with Crippen molar-refractivity contribution in [1.29, 1.82) is 0 Å². The fraction of sp³-hybridized carbons (Fsp3) is 0.438.